The average molecular weight is 320 g/mol. The van der Waals surface area contributed by atoms with Gasteiger partial charge in [-0.15, -0.1) is 0 Å². The first-order chi connectivity index (χ1) is 9.49. The van der Waals surface area contributed by atoms with Gasteiger partial charge in [-0.1, -0.05) is 35.7 Å². The highest BCUT2D eigenvalue weighted by molar-refractivity contribution is 6.42. The Morgan fingerprint density at radius 3 is 2.55 bits per heavy atom. The number of hydrogen-bond acceptors (Lipinski definition) is 2. The Labute approximate surface area is 129 Å². The molecule has 2 unspecified atom stereocenters. The standard InChI is InChI=1S/C15H20Cl2FNO/c1-10(8-18)19-9-14(20)15(5-2-6-15)11-3-4-12(16)13(17)7-11/h3-4,7,10,14,19-20H,2,5-6,8-9H2,1H3. The van der Waals surface area contributed by atoms with Gasteiger partial charge in [0.1, 0.15) is 6.67 Å². The Balaban J connectivity index is 2.14. The van der Waals surface area contributed by atoms with E-state index in [0.29, 0.717) is 16.6 Å². The van der Waals surface area contributed by atoms with Crippen LogP contribution in [-0.4, -0.2) is 30.5 Å². The summed E-state index contributed by atoms with van der Waals surface area (Å²) in [5, 5.41) is 14.6. The highest BCUT2D eigenvalue weighted by Gasteiger charge is 2.44. The van der Waals surface area contributed by atoms with Gasteiger partial charge in [-0.2, -0.15) is 0 Å². The van der Waals surface area contributed by atoms with E-state index in [9.17, 15) is 9.50 Å². The second-order valence-corrected chi connectivity index (χ2v) is 6.43. The number of halogens is 3. The molecule has 1 aromatic rings. The number of rotatable bonds is 6. The third-order valence-electron chi connectivity index (χ3n) is 4.27. The van der Waals surface area contributed by atoms with Crippen LogP contribution in [0.2, 0.25) is 10.0 Å². The van der Waals surface area contributed by atoms with Crippen molar-refractivity contribution < 1.29 is 9.50 Å². The van der Waals surface area contributed by atoms with Crippen molar-refractivity contribution in [2.45, 2.75) is 43.7 Å². The molecule has 0 radical (unpaired) electrons. The third-order valence-corrected chi connectivity index (χ3v) is 5.01. The zero-order chi connectivity index (χ0) is 14.8. The Morgan fingerprint density at radius 1 is 1.35 bits per heavy atom. The van der Waals surface area contributed by atoms with E-state index >= 15 is 0 Å². The van der Waals surface area contributed by atoms with Gasteiger partial charge < -0.3 is 10.4 Å². The fourth-order valence-corrected chi connectivity index (χ4v) is 3.04. The summed E-state index contributed by atoms with van der Waals surface area (Å²) >= 11 is 12.0. The molecule has 112 valence electrons. The van der Waals surface area contributed by atoms with Crippen molar-refractivity contribution in [1.29, 1.82) is 0 Å². The number of nitrogens with one attached hydrogen (secondary N) is 1. The summed E-state index contributed by atoms with van der Waals surface area (Å²) in [5.74, 6) is 0. The second kappa shape index (κ2) is 6.61. The molecule has 0 aliphatic heterocycles. The molecule has 0 spiro atoms. The summed E-state index contributed by atoms with van der Waals surface area (Å²) < 4.78 is 12.5. The lowest BCUT2D eigenvalue weighted by Gasteiger charge is -2.46. The Bertz CT molecular complexity index is 465. The van der Waals surface area contributed by atoms with E-state index in [1.807, 2.05) is 12.1 Å². The van der Waals surface area contributed by atoms with E-state index < -0.39 is 12.8 Å². The molecule has 0 amide bonds. The maximum absolute atomic E-state index is 12.5. The predicted octanol–water partition coefficient (Wildman–Crippen LogP) is 3.72. The lowest BCUT2D eigenvalue weighted by atomic mass is 9.61. The summed E-state index contributed by atoms with van der Waals surface area (Å²) in [7, 11) is 0. The molecule has 5 heteroatoms. The highest BCUT2D eigenvalue weighted by atomic mass is 35.5. The van der Waals surface area contributed by atoms with Crippen LogP contribution >= 0.6 is 23.2 Å². The molecule has 1 aliphatic carbocycles. The van der Waals surface area contributed by atoms with E-state index in [0.717, 1.165) is 24.8 Å². The fraction of sp³-hybridized carbons (Fsp3) is 0.600. The molecule has 20 heavy (non-hydrogen) atoms. The first kappa shape index (κ1) is 16.0. The molecule has 0 bridgehead atoms. The minimum absolute atomic E-state index is 0.240. The van der Waals surface area contributed by atoms with Crippen molar-refractivity contribution in [2.75, 3.05) is 13.2 Å². The van der Waals surface area contributed by atoms with Gasteiger partial charge in [0, 0.05) is 18.0 Å². The first-order valence-corrected chi connectivity index (χ1v) is 7.68. The lowest BCUT2D eigenvalue weighted by Crippen LogP contribution is -2.51. The van der Waals surface area contributed by atoms with Gasteiger partial charge in [-0.25, -0.2) is 4.39 Å². The Morgan fingerprint density at radius 2 is 2.05 bits per heavy atom. The van der Waals surface area contributed by atoms with E-state index in [2.05, 4.69) is 5.32 Å². The smallest absolute Gasteiger partial charge is 0.104 e. The lowest BCUT2D eigenvalue weighted by molar-refractivity contribution is 0.0266. The largest absolute Gasteiger partial charge is 0.391 e. The van der Waals surface area contributed by atoms with Gasteiger partial charge in [-0.05, 0) is 37.5 Å². The monoisotopic (exact) mass is 319 g/mol. The number of benzene rings is 1. The van der Waals surface area contributed by atoms with Crippen LogP contribution < -0.4 is 5.32 Å². The molecule has 1 aromatic carbocycles. The fourth-order valence-electron chi connectivity index (χ4n) is 2.74. The molecule has 2 rings (SSSR count). The molecule has 1 aliphatic rings. The summed E-state index contributed by atoms with van der Waals surface area (Å²) in [6.45, 7) is 1.71. The molecule has 2 nitrogen and oxygen atoms in total. The summed E-state index contributed by atoms with van der Waals surface area (Å²) in [6, 6.07) is 5.29. The van der Waals surface area contributed by atoms with Crippen molar-refractivity contribution in [3.63, 3.8) is 0 Å². The third kappa shape index (κ3) is 3.11. The molecular formula is C15H20Cl2FNO. The van der Waals surface area contributed by atoms with Gasteiger partial charge in [0.25, 0.3) is 0 Å². The van der Waals surface area contributed by atoms with Crippen molar-refractivity contribution in [2.24, 2.45) is 0 Å². The molecular weight excluding hydrogens is 300 g/mol. The van der Waals surface area contributed by atoms with Crippen LogP contribution in [-0.2, 0) is 5.41 Å². The van der Waals surface area contributed by atoms with Crippen molar-refractivity contribution >= 4 is 23.2 Å². The average Bonchev–Trinajstić information content (AvgIpc) is 2.38. The Kier molecular flexibility index (Phi) is 5.30. The minimum atomic E-state index is -0.553. The Hall–Kier alpha value is -0.350. The number of hydrogen-bond donors (Lipinski definition) is 2. The van der Waals surface area contributed by atoms with Crippen LogP contribution in [0.1, 0.15) is 31.7 Å². The maximum atomic E-state index is 12.5. The van der Waals surface area contributed by atoms with Crippen molar-refractivity contribution in [3.05, 3.63) is 33.8 Å². The first-order valence-electron chi connectivity index (χ1n) is 6.92. The molecule has 0 heterocycles. The summed E-state index contributed by atoms with van der Waals surface area (Å²) in [4.78, 5) is 0. The minimum Gasteiger partial charge on any atom is -0.391 e. The van der Waals surface area contributed by atoms with Crippen LogP contribution in [0.5, 0.6) is 0 Å². The SMILES string of the molecule is CC(CF)NCC(O)C1(c2ccc(Cl)c(Cl)c2)CCC1. The van der Waals surface area contributed by atoms with Gasteiger partial charge in [0.15, 0.2) is 0 Å². The predicted molar refractivity (Wildman–Crippen MR) is 81.4 cm³/mol. The maximum Gasteiger partial charge on any atom is 0.104 e. The van der Waals surface area contributed by atoms with Gasteiger partial charge in [0.05, 0.1) is 16.1 Å². The number of alkyl halides is 1. The van der Waals surface area contributed by atoms with E-state index in [4.69, 9.17) is 23.2 Å². The molecule has 2 N–H and O–H groups in total. The number of aliphatic hydroxyl groups is 1. The molecule has 0 saturated heterocycles. The highest BCUT2D eigenvalue weighted by Crippen LogP contribution is 2.47. The van der Waals surface area contributed by atoms with Crippen LogP contribution in [0.15, 0.2) is 18.2 Å². The van der Waals surface area contributed by atoms with Gasteiger partial charge in [-0.3, -0.25) is 0 Å². The zero-order valence-electron chi connectivity index (χ0n) is 11.5. The normalized spacial score (nSPS) is 20.2. The second-order valence-electron chi connectivity index (χ2n) is 5.62. The quantitative estimate of drug-likeness (QED) is 0.837. The summed E-state index contributed by atoms with van der Waals surface area (Å²) in [6.07, 6.45) is 2.36. The van der Waals surface area contributed by atoms with Crippen LogP contribution in [0.4, 0.5) is 4.39 Å². The van der Waals surface area contributed by atoms with Crippen LogP contribution in [0, 0.1) is 0 Å². The zero-order valence-corrected chi connectivity index (χ0v) is 13.0. The van der Waals surface area contributed by atoms with Crippen LogP contribution in [0.3, 0.4) is 0 Å². The summed E-state index contributed by atoms with van der Waals surface area (Å²) in [5.41, 5.74) is 0.734. The topological polar surface area (TPSA) is 32.3 Å². The van der Waals surface area contributed by atoms with Crippen molar-refractivity contribution in [3.8, 4) is 0 Å². The van der Waals surface area contributed by atoms with E-state index in [1.54, 1.807) is 13.0 Å². The number of aliphatic hydroxyl groups excluding tert-OH is 1. The van der Waals surface area contributed by atoms with Crippen molar-refractivity contribution in [1.82, 2.24) is 5.32 Å². The van der Waals surface area contributed by atoms with Crippen LogP contribution in [0.25, 0.3) is 0 Å². The van der Waals surface area contributed by atoms with Gasteiger partial charge in [0.2, 0.25) is 0 Å². The molecule has 1 saturated carbocycles. The molecule has 2 atom stereocenters. The van der Waals surface area contributed by atoms with E-state index in [1.165, 1.54) is 0 Å². The van der Waals surface area contributed by atoms with Gasteiger partial charge >= 0.3 is 0 Å². The molecule has 1 fully saturated rings. The molecule has 0 aromatic heterocycles. The van der Waals surface area contributed by atoms with E-state index in [-0.39, 0.29) is 11.5 Å².